The first-order valence-corrected chi connectivity index (χ1v) is 17.9. The van der Waals surface area contributed by atoms with Crippen molar-refractivity contribution in [3.63, 3.8) is 0 Å². The highest BCUT2D eigenvalue weighted by molar-refractivity contribution is 5.89. The van der Waals surface area contributed by atoms with E-state index in [1.807, 2.05) is 0 Å². The monoisotopic (exact) mass is 664 g/mol. The predicted molar refractivity (Wildman–Crippen MR) is 205 cm³/mol. The molecule has 6 aromatic rings. The normalized spacial score (nSPS) is 13.3. The molecule has 0 amide bonds. The molecule has 0 N–H and O–H groups in total. The van der Waals surface area contributed by atoms with E-state index in [1.165, 1.54) is 39.2 Å². The highest BCUT2D eigenvalue weighted by atomic mass is 15.4. The molecule has 0 atom stereocenters. The standard InChI is InChI=1S/2C21H24N4/c1-14(2)24-13-16-9-5-6-10-17(16)21-20(22-23-25(21)15(3)4)18-11-7-8-12-19(18)24;1-14(2)24-13-16-9-5-6-10-17(16)20-21(25(15(3)4)23-22-20)18-11-7-8-12-19(18)24/h2*5-12,14-15H,13H2,1-4H3. The van der Waals surface area contributed by atoms with Gasteiger partial charge in [0.25, 0.3) is 0 Å². The van der Waals surface area contributed by atoms with Crippen LogP contribution in [0, 0.1) is 0 Å². The molecule has 8 heteroatoms. The van der Waals surface area contributed by atoms with Gasteiger partial charge in [-0.05, 0) is 78.6 Å². The number of para-hydroxylation sites is 2. The smallest absolute Gasteiger partial charge is 0.123 e. The summed E-state index contributed by atoms with van der Waals surface area (Å²) in [5.41, 5.74) is 14.1. The first kappa shape index (κ1) is 33.3. The van der Waals surface area contributed by atoms with Gasteiger partial charge in [0.2, 0.25) is 0 Å². The quantitative estimate of drug-likeness (QED) is 0.187. The molecule has 0 saturated carbocycles. The molecule has 0 spiro atoms. The molecule has 2 aromatic heterocycles. The van der Waals surface area contributed by atoms with Crippen LogP contribution in [0.15, 0.2) is 97.1 Å². The lowest BCUT2D eigenvalue weighted by atomic mass is 9.95. The van der Waals surface area contributed by atoms with Gasteiger partial charge >= 0.3 is 0 Å². The van der Waals surface area contributed by atoms with Crippen molar-refractivity contribution in [3.8, 4) is 45.0 Å². The van der Waals surface area contributed by atoms with Crippen LogP contribution < -0.4 is 9.80 Å². The van der Waals surface area contributed by atoms with Crippen LogP contribution in [0.1, 0.15) is 78.6 Å². The van der Waals surface area contributed by atoms with Gasteiger partial charge in [-0.25, -0.2) is 9.36 Å². The third-order valence-corrected chi connectivity index (χ3v) is 9.78. The second-order valence-corrected chi connectivity index (χ2v) is 14.4. The Bertz CT molecular complexity index is 2120. The van der Waals surface area contributed by atoms with Crippen LogP contribution in [0.3, 0.4) is 0 Å². The molecule has 256 valence electrons. The van der Waals surface area contributed by atoms with E-state index in [-0.39, 0.29) is 12.1 Å². The number of nitrogens with zero attached hydrogens (tertiary/aromatic N) is 8. The lowest BCUT2D eigenvalue weighted by molar-refractivity contribution is 0.519. The van der Waals surface area contributed by atoms with Crippen LogP contribution in [-0.2, 0) is 13.1 Å². The maximum atomic E-state index is 4.60. The number of benzene rings is 4. The van der Waals surface area contributed by atoms with E-state index in [1.54, 1.807) is 0 Å². The lowest BCUT2D eigenvalue weighted by Crippen LogP contribution is -2.31. The summed E-state index contributed by atoms with van der Waals surface area (Å²) in [4.78, 5) is 4.92. The molecule has 8 rings (SSSR count). The average molecular weight is 665 g/mol. The second-order valence-electron chi connectivity index (χ2n) is 14.4. The van der Waals surface area contributed by atoms with Gasteiger partial charge in [0.1, 0.15) is 11.4 Å². The van der Waals surface area contributed by atoms with Gasteiger partial charge in [-0.15, -0.1) is 10.2 Å². The van der Waals surface area contributed by atoms with Crippen LogP contribution in [0.4, 0.5) is 11.4 Å². The maximum Gasteiger partial charge on any atom is 0.123 e. The van der Waals surface area contributed by atoms with E-state index in [9.17, 15) is 0 Å². The van der Waals surface area contributed by atoms with Crippen LogP contribution in [0.5, 0.6) is 0 Å². The Balaban J connectivity index is 0.000000157. The van der Waals surface area contributed by atoms with Crippen LogP contribution in [0.2, 0.25) is 0 Å². The fraction of sp³-hybridized carbons (Fsp3) is 0.333. The maximum absolute atomic E-state index is 4.60. The van der Waals surface area contributed by atoms with Gasteiger partial charge in [-0.1, -0.05) is 95.4 Å². The molecule has 0 aliphatic carbocycles. The van der Waals surface area contributed by atoms with Crippen LogP contribution >= 0.6 is 0 Å². The Morgan fingerprint density at radius 3 is 1.32 bits per heavy atom. The van der Waals surface area contributed by atoms with Gasteiger partial charge in [0.05, 0.1) is 11.4 Å². The number of anilines is 2. The minimum absolute atomic E-state index is 0.253. The second kappa shape index (κ2) is 13.6. The molecule has 0 saturated heterocycles. The zero-order valence-electron chi connectivity index (χ0n) is 30.5. The summed E-state index contributed by atoms with van der Waals surface area (Å²) in [6.45, 7) is 19.4. The summed E-state index contributed by atoms with van der Waals surface area (Å²) in [6.07, 6.45) is 0. The minimum atomic E-state index is 0.253. The number of hydrogen-bond donors (Lipinski definition) is 0. The van der Waals surface area contributed by atoms with E-state index in [0.29, 0.717) is 12.1 Å². The molecule has 0 radical (unpaired) electrons. The van der Waals surface area contributed by atoms with Gasteiger partial charge in [0, 0.05) is 70.9 Å². The van der Waals surface area contributed by atoms with Gasteiger partial charge in [0.15, 0.2) is 0 Å². The van der Waals surface area contributed by atoms with Crippen molar-refractivity contribution in [1.29, 1.82) is 0 Å². The largest absolute Gasteiger partial charge is 0.364 e. The highest BCUT2D eigenvalue weighted by Crippen LogP contribution is 2.43. The first-order chi connectivity index (χ1) is 24.2. The molecule has 50 heavy (non-hydrogen) atoms. The van der Waals surface area contributed by atoms with E-state index < -0.39 is 0 Å². The van der Waals surface area contributed by atoms with Crippen molar-refractivity contribution >= 4 is 11.4 Å². The molecule has 4 aromatic carbocycles. The zero-order chi connectivity index (χ0) is 35.1. The number of aromatic nitrogens is 6. The zero-order valence-corrected chi connectivity index (χ0v) is 30.5. The molecule has 4 heterocycles. The Morgan fingerprint density at radius 2 is 0.800 bits per heavy atom. The summed E-state index contributed by atoms with van der Waals surface area (Å²) < 4.78 is 4.10. The number of rotatable bonds is 4. The fourth-order valence-corrected chi connectivity index (χ4v) is 7.26. The molecular weight excluding hydrogens is 617 g/mol. The molecule has 0 fully saturated rings. The summed E-state index contributed by atoms with van der Waals surface area (Å²) >= 11 is 0. The van der Waals surface area contributed by atoms with Crippen molar-refractivity contribution in [2.24, 2.45) is 0 Å². The van der Waals surface area contributed by atoms with Gasteiger partial charge in [-0.3, -0.25) is 0 Å². The van der Waals surface area contributed by atoms with E-state index in [2.05, 4.69) is 192 Å². The Kier molecular flexibility index (Phi) is 9.03. The number of hydrogen-bond acceptors (Lipinski definition) is 6. The summed E-state index contributed by atoms with van der Waals surface area (Å²) in [5.74, 6) is 0. The Hall–Kier alpha value is -5.24. The fourth-order valence-electron chi connectivity index (χ4n) is 7.26. The third kappa shape index (κ3) is 5.86. The van der Waals surface area contributed by atoms with E-state index in [4.69, 9.17) is 0 Å². The van der Waals surface area contributed by atoms with Crippen molar-refractivity contribution in [1.82, 2.24) is 30.0 Å². The van der Waals surface area contributed by atoms with Gasteiger partial charge < -0.3 is 9.80 Å². The van der Waals surface area contributed by atoms with Crippen LogP contribution in [-0.4, -0.2) is 42.1 Å². The van der Waals surface area contributed by atoms with Crippen molar-refractivity contribution in [3.05, 3.63) is 108 Å². The summed E-state index contributed by atoms with van der Waals surface area (Å²) in [5, 5.41) is 18.2. The summed E-state index contributed by atoms with van der Waals surface area (Å²) in [6, 6.07) is 35.7. The minimum Gasteiger partial charge on any atom is -0.364 e. The molecular formula is C42H48N8. The highest BCUT2D eigenvalue weighted by Gasteiger charge is 2.29. The average Bonchev–Trinajstić information content (AvgIpc) is 3.74. The lowest BCUT2D eigenvalue weighted by Gasteiger charge is -2.33. The van der Waals surface area contributed by atoms with E-state index in [0.717, 1.165) is 41.4 Å². The van der Waals surface area contributed by atoms with Gasteiger partial charge in [-0.2, -0.15) is 0 Å². The Labute approximate surface area is 296 Å². The van der Waals surface area contributed by atoms with Crippen molar-refractivity contribution in [2.75, 3.05) is 9.80 Å². The van der Waals surface area contributed by atoms with E-state index >= 15 is 0 Å². The molecule has 2 aliphatic heterocycles. The third-order valence-electron chi connectivity index (χ3n) is 9.78. The number of fused-ring (bicyclic) bond motifs is 10. The van der Waals surface area contributed by atoms with Crippen molar-refractivity contribution < 1.29 is 0 Å². The Morgan fingerprint density at radius 1 is 0.420 bits per heavy atom. The molecule has 0 unspecified atom stereocenters. The van der Waals surface area contributed by atoms with Crippen molar-refractivity contribution in [2.45, 2.75) is 92.6 Å². The van der Waals surface area contributed by atoms with Crippen LogP contribution in [0.25, 0.3) is 45.0 Å². The first-order valence-electron chi connectivity index (χ1n) is 17.9. The SMILES string of the molecule is CC(C)N1Cc2ccccc2-c2c(nnn2C(C)C)-c2ccccc21.CC(C)N1Cc2ccccc2-c2nnn(C(C)C)c2-c2ccccc21. The molecule has 8 nitrogen and oxygen atoms in total. The topological polar surface area (TPSA) is 67.9 Å². The summed E-state index contributed by atoms with van der Waals surface area (Å²) in [7, 11) is 0. The molecule has 0 bridgehead atoms. The predicted octanol–water partition coefficient (Wildman–Crippen LogP) is 9.84. The molecule has 2 aliphatic rings.